The maximum absolute atomic E-state index is 14.9. The van der Waals surface area contributed by atoms with Crippen molar-refractivity contribution in [2.24, 2.45) is 7.05 Å². The van der Waals surface area contributed by atoms with Gasteiger partial charge in [0.2, 0.25) is 0 Å². The van der Waals surface area contributed by atoms with Crippen molar-refractivity contribution in [3.05, 3.63) is 82.4 Å². The lowest BCUT2D eigenvalue weighted by Gasteiger charge is -2.33. The van der Waals surface area contributed by atoms with E-state index >= 15 is 0 Å². The number of aryl methyl sites for hydroxylation is 1. The molecule has 0 bridgehead atoms. The summed E-state index contributed by atoms with van der Waals surface area (Å²) in [6.45, 7) is 3.18. The predicted molar refractivity (Wildman–Crippen MR) is 153 cm³/mol. The standard InChI is InChI=1S/C30H30ClF2N5O2/c1-35-12-13-38(30(35)40)27-3-2-19(14-26(27)31)24-16-22(33)17-25(29(24)39)20-4-8-34-28(15-20)37-11-7-23(18-37)36-9-5-21(32)6-10-36/h2-4,8,12-17,21,23,39H,5-7,9-11,18H2,1H3. The summed E-state index contributed by atoms with van der Waals surface area (Å²) >= 11 is 6.53. The Labute approximate surface area is 235 Å². The summed E-state index contributed by atoms with van der Waals surface area (Å²) in [4.78, 5) is 21.5. The van der Waals surface area contributed by atoms with Gasteiger partial charge in [-0.05, 0) is 66.8 Å². The number of likely N-dealkylation sites (tertiary alicyclic amines) is 1. The Kier molecular flexibility index (Phi) is 7.10. The predicted octanol–water partition coefficient (Wildman–Crippen LogP) is 5.42. The molecule has 1 unspecified atom stereocenters. The van der Waals surface area contributed by atoms with Crippen molar-refractivity contribution in [3.63, 3.8) is 0 Å². The molecule has 1 atom stereocenters. The van der Waals surface area contributed by atoms with Crippen LogP contribution in [-0.2, 0) is 7.05 Å². The van der Waals surface area contributed by atoms with Crippen LogP contribution in [0.3, 0.4) is 0 Å². The highest BCUT2D eigenvalue weighted by Crippen LogP contribution is 2.41. The van der Waals surface area contributed by atoms with Crippen LogP contribution in [0.4, 0.5) is 14.6 Å². The third kappa shape index (κ3) is 4.99. The number of anilines is 1. The number of nitrogens with zero attached hydrogens (tertiary/aromatic N) is 5. The van der Waals surface area contributed by atoms with Gasteiger partial charge in [-0.3, -0.25) is 9.47 Å². The van der Waals surface area contributed by atoms with Crippen molar-refractivity contribution in [2.45, 2.75) is 31.5 Å². The summed E-state index contributed by atoms with van der Waals surface area (Å²) in [7, 11) is 1.65. The average molecular weight is 566 g/mol. The monoisotopic (exact) mass is 565 g/mol. The lowest BCUT2D eigenvalue weighted by atomic mass is 9.97. The highest BCUT2D eigenvalue weighted by Gasteiger charge is 2.31. The molecule has 2 aromatic heterocycles. The fraction of sp³-hybridized carbons (Fsp3) is 0.333. The van der Waals surface area contributed by atoms with E-state index in [1.807, 2.05) is 6.07 Å². The highest BCUT2D eigenvalue weighted by atomic mass is 35.5. The molecule has 10 heteroatoms. The van der Waals surface area contributed by atoms with Crippen LogP contribution in [-0.4, -0.2) is 62.5 Å². The lowest BCUT2D eigenvalue weighted by Crippen LogP contribution is -2.43. The van der Waals surface area contributed by atoms with E-state index in [2.05, 4.69) is 14.8 Å². The average Bonchev–Trinajstić information content (AvgIpc) is 3.57. The Morgan fingerprint density at radius 3 is 2.38 bits per heavy atom. The van der Waals surface area contributed by atoms with E-state index in [4.69, 9.17) is 11.6 Å². The number of benzene rings is 2. The molecule has 40 heavy (non-hydrogen) atoms. The van der Waals surface area contributed by atoms with Crippen molar-refractivity contribution in [3.8, 4) is 33.7 Å². The first kappa shape index (κ1) is 26.5. The minimum absolute atomic E-state index is 0.0763. The maximum Gasteiger partial charge on any atom is 0.332 e. The molecule has 208 valence electrons. The van der Waals surface area contributed by atoms with Gasteiger partial charge in [0.1, 0.15) is 23.6 Å². The largest absolute Gasteiger partial charge is 0.507 e. The Morgan fingerprint density at radius 2 is 1.70 bits per heavy atom. The zero-order valence-electron chi connectivity index (χ0n) is 22.1. The van der Waals surface area contributed by atoms with E-state index in [0.717, 1.165) is 38.4 Å². The van der Waals surface area contributed by atoms with Gasteiger partial charge in [-0.1, -0.05) is 17.7 Å². The molecule has 2 saturated heterocycles. The minimum atomic E-state index is -0.696. The molecule has 0 amide bonds. The molecule has 4 aromatic rings. The number of halogens is 3. The number of aromatic nitrogens is 3. The molecule has 2 aliphatic heterocycles. The van der Waals surface area contributed by atoms with Gasteiger partial charge in [-0.2, -0.15) is 0 Å². The second-order valence-corrected chi connectivity index (χ2v) is 11.0. The molecule has 6 rings (SSSR count). The molecule has 2 aromatic carbocycles. The van der Waals surface area contributed by atoms with Gasteiger partial charge >= 0.3 is 5.69 Å². The SMILES string of the molecule is Cn1ccn(-c2ccc(-c3cc(F)cc(-c4ccnc(N5CCC(N6CCC(F)CC6)C5)c4)c3O)cc2Cl)c1=O. The van der Waals surface area contributed by atoms with Crippen LogP contribution < -0.4 is 10.6 Å². The number of alkyl halides is 1. The van der Waals surface area contributed by atoms with E-state index in [0.29, 0.717) is 51.8 Å². The number of phenols is 1. The highest BCUT2D eigenvalue weighted by molar-refractivity contribution is 6.32. The maximum atomic E-state index is 14.9. The number of hydrogen-bond donors (Lipinski definition) is 1. The molecule has 0 radical (unpaired) electrons. The number of hydrogen-bond acceptors (Lipinski definition) is 5. The lowest BCUT2D eigenvalue weighted by molar-refractivity contribution is 0.119. The Balaban J connectivity index is 1.28. The summed E-state index contributed by atoms with van der Waals surface area (Å²) in [5, 5.41) is 11.6. The number of piperidine rings is 1. The second-order valence-electron chi connectivity index (χ2n) is 10.6. The molecule has 0 saturated carbocycles. The fourth-order valence-corrected chi connectivity index (χ4v) is 6.07. The van der Waals surface area contributed by atoms with Gasteiger partial charge in [-0.15, -0.1) is 0 Å². The van der Waals surface area contributed by atoms with Crippen LogP contribution in [0.25, 0.3) is 27.9 Å². The third-order valence-electron chi connectivity index (χ3n) is 8.06. The molecule has 7 nitrogen and oxygen atoms in total. The molecule has 1 N–H and O–H groups in total. The van der Waals surface area contributed by atoms with Crippen molar-refractivity contribution in [1.29, 1.82) is 0 Å². The van der Waals surface area contributed by atoms with Crippen molar-refractivity contribution in [2.75, 3.05) is 31.1 Å². The first-order valence-corrected chi connectivity index (χ1v) is 13.8. The molecule has 0 aliphatic carbocycles. The van der Waals surface area contributed by atoms with E-state index in [1.54, 1.807) is 49.9 Å². The van der Waals surface area contributed by atoms with Gasteiger partial charge in [-0.25, -0.2) is 18.6 Å². The summed E-state index contributed by atoms with van der Waals surface area (Å²) in [6.07, 6.45) is 6.38. The topological polar surface area (TPSA) is 66.5 Å². The second kappa shape index (κ2) is 10.7. The van der Waals surface area contributed by atoms with Crippen LogP contribution in [0.15, 0.2) is 65.8 Å². The molecule has 0 spiro atoms. The van der Waals surface area contributed by atoms with Crippen LogP contribution in [0.2, 0.25) is 5.02 Å². The number of pyridine rings is 1. The Morgan fingerprint density at radius 1 is 0.975 bits per heavy atom. The molecular weight excluding hydrogens is 536 g/mol. The molecule has 2 fully saturated rings. The number of phenolic OH excluding ortho intramolecular Hbond substituents is 1. The smallest absolute Gasteiger partial charge is 0.332 e. The van der Waals surface area contributed by atoms with Crippen LogP contribution in [0.5, 0.6) is 5.75 Å². The Bertz CT molecular complexity index is 1610. The van der Waals surface area contributed by atoms with E-state index < -0.39 is 12.0 Å². The zero-order valence-corrected chi connectivity index (χ0v) is 22.9. The Hall–Kier alpha value is -3.69. The summed E-state index contributed by atoms with van der Waals surface area (Å²) in [6, 6.07) is 11.5. The van der Waals surface area contributed by atoms with Crippen LogP contribution in [0.1, 0.15) is 19.3 Å². The van der Waals surface area contributed by atoms with Crippen molar-refractivity contribution >= 4 is 17.4 Å². The van der Waals surface area contributed by atoms with Crippen LogP contribution >= 0.6 is 11.6 Å². The zero-order chi connectivity index (χ0) is 28.0. The number of rotatable bonds is 5. The molecule has 4 heterocycles. The molecule has 2 aliphatic rings. The van der Waals surface area contributed by atoms with E-state index in [9.17, 15) is 18.7 Å². The fourth-order valence-electron chi connectivity index (χ4n) is 5.80. The number of imidazole rings is 1. The van der Waals surface area contributed by atoms with Gasteiger partial charge < -0.3 is 14.6 Å². The quantitative estimate of drug-likeness (QED) is 0.350. The molecular formula is C30H30ClF2N5O2. The van der Waals surface area contributed by atoms with E-state index in [-0.39, 0.29) is 11.4 Å². The van der Waals surface area contributed by atoms with Crippen LogP contribution in [0, 0.1) is 5.82 Å². The van der Waals surface area contributed by atoms with E-state index in [1.165, 1.54) is 21.3 Å². The number of aromatic hydroxyl groups is 1. The first-order valence-electron chi connectivity index (χ1n) is 13.4. The van der Waals surface area contributed by atoms with Crippen molar-refractivity contribution < 1.29 is 13.9 Å². The first-order chi connectivity index (χ1) is 19.3. The summed E-state index contributed by atoms with van der Waals surface area (Å²) < 4.78 is 31.4. The van der Waals surface area contributed by atoms with Gasteiger partial charge in [0, 0.05) is 69.0 Å². The summed E-state index contributed by atoms with van der Waals surface area (Å²) in [5.41, 5.74) is 2.04. The normalized spacial score (nSPS) is 18.5. The van der Waals surface area contributed by atoms with Gasteiger partial charge in [0.25, 0.3) is 0 Å². The van der Waals surface area contributed by atoms with Gasteiger partial charge in [0.05, 0.1) is 10.7 Å². The minimum Gasteiger partial charge on any atom is -0.507 e. The van der Waals surface area contributed by atoms with Crippen molar-refractivity contribution in [1.82, 2.24) is 19.0 Å². The van der Waals surface area contributed by atoms with Gasteiger partial charge in [0.15, 0.2) is 0 Å². The summed E-state index contributed by atoms with van der Waals surface area (Å²) in [5.74, 6) is 0.178. The third-order valence-corrected chi connectivity index (χ3v) is 8.36.